The molecule has 0 radical (unpaired) electrons. The van der Waals surface area contributed by atoms with Gasteiger partial charge in [0.25, 0.3) is 0 Å². The van der Waals surface area contributed by atoms with Gasteiger partial charge in [-0.05, 0) is 31.0 Å². The van der Waals surface area contributed by atoms with Gasteiger partial charge in [-0.3, -0.25) is 4.57 Å². The molecule has 2 aromatic rings. The maximum Gasteiger partial charge on any atom is 0.207 e. The van der Waals surface area contributed by atoms with Gasteiger partial charge in [0.05, 0.1) is 10.7 Å². The van der Waals surface area contributed by atoms with Crippen molar-refractivity contribution in [2.24, 2.45) is 0 Å². The third-order valence-corrected chi connectivity index (χ3v) is 3.82. The number of benzene rings is 1. The normalized spacial score (nSPS) is 15.9. The maximum absolute atomic E-state index is 13.4. The van der Waals surface area contributed by atoms with Crippen LogP contribution in [0.2, 0.25) is 5.02 Å². The number of imidazole rings is 1. The molecule has 19 heavy (non-hydrogen) atoms. The van der Waals surface area contributed by atoms with Crippen LogP contribution in [0, 0.1) is 5.82 Å². The summed E-state index contributed by atoms with van der Waals surface area (Å²) in [4.78, 5) is 4.30. The second-order valence-electron chi connectivity index (χ2n) is 4.84. The van der Waals surface area contributed by atoms with Gasteiger partial charge in [-0.25, -0.2) is 9.37 Å². The summed E-state index contributed by atoms with van der Waals surface area (Å²) in [5, 5.41) is 3.91. The van der Waals surface area contributed by atoms with Gasteiger partial charge in [-0.15, -0.1) is 0 Å². The van der Waals surface area contributed by atoms with Crippen molar-refractivity contribution < 1.29 is 4.39 Å². The zero-order valence-corrected chi connectivity index (χ0v) is 11.2. The van der Waals surface area contributed by atoms with Crippen LogP contribution in [-0.2, 0) is 0 Å². The van der Waals surface area contributed by atoms with Gasteiger partial charge in [-0.1, -0.05) is 24.4 Å². The van der Waals surface area contributed by atoms with E-state index in [4.69, 9.17) is 11.6 Å². The van der Waals surface area contributed by atoms with Crippen molar-refractivity contribution in [3.05, 3.63) is 41.4 Å². The first-order valence-electron chi connectivity index (χ1n) is 6.49. The van der Waals surface area contributed by atoms with Crippen LogP contribution < -0.4 is 5.32 Å². The van der Waals surface area contributed by atoms with E-state index in [0.717, 1.165) is 18.8 Å². The molecule has 3 rings (SSSR count). The van der Waals surface area contributed by atoms with Gasteiger partial charge in [-0.2, -0.15) is 0 Å². The van der Waals surface area contributed by atoms with Crippen LogP contribution in [0.1, 0.15) is 25.7 Å². The highest BCUT2D eigenvalue weighted by molar-refractivity contribution is 6.32. The van der Waals surface area contributed by atoms with E-state index in [0.29, 0.717) is 16.8 Å². The van der Waals surface area contributed by atoms with Gasteiger partial charge in [0.15, 0.2) is 0 Å². The molecule has 0 unspecified atom stereocenters. The van der Waals surface area contributed by atoms with Crippen LogP contribution in [0.5, 0.6) is 0 Å². The summed E-state index contributed by atoms with van der Waals surface area (Å²) >= 11 is 6.13. The first-order chi connectivity index (χ1) is 9.24. The summed E-state index contributed by atoms with van der Waals surface area (Å²) < 4.78 is 15.2. The lowest BCUT2D eigenvalue weighted by molar-refractivity contribution is 0.626. The van der Waals surface area contributed by atoms with E-state index < -0.39 is 0 Å². The number of rotatable bonds is 3. The van der Waals surface area contributed by atoms with E-state index in [-0.39, 0.29) is 5.82 Å². The minimum Gasteiger partial charge on any atom is -0.353 e. The molecular weight excluding hydrogens is 265 g/mol. The molecule has 1 heterocycles. The third kappa shape index (κ3) is 2.59. The molecule has 3 nitrogen and oxygen atoms in total. The van der Waals surface area contributed by atoms with Crippen molar-refractivity contribution in [3.63, 3.8) is 0 Å². The Morgan fingerprint density at radius 3 is 2.89 bits per heavy atom. The second-order valence-corrected chi connectivity index (χ2v) is 5.25. The summed E-state index contributed by atoms with van der Waals surface area (Å²) in [6, 6.07) is 4.79. The van der Waals surface area contributed by atoms with Crippen LogP contribution >= 0.6 is 11.6 Å². The Balaban J connectivity index is 1.92. The van der Waals surface area contributed by atoms with Crippen molar-refractivity contribution in [2.75, 3.05) is 5.32 Å². The summed E-state index contributed by atoms with van der Waals surface area (Å²) in [7, 11) is 0. The molecule has 5 heteroatoms. The van der Waals surface area contributed by atoms with E-state index >= 15 is 0 Å². The fourth-order valence-corrected chi connectivity index (χ4v) is 2.74. The number of nitrogens with one attached hydrogen (secondary N) is 1. The SMILES string of the molecule is Fc1ccc(Cl)c(-n2ccnc2NC2CCCC2)c1. The smallest absolute Gasteiger partial charge is 0.207 e. The molecule has 0 aliphatic heterocycles. The molecular formula is C14H15ClFN3. The molecule has 0 bridgehead atoms. The van der Waals surface area contributed by atoms with Crippen molar-refractivity contribution in [1.29, 1.82) is 0 Å². The molecule has 1 aliphatic rings. The number of hydrogen-bond donors (Lipinski definition) is 1. The maximum atomic E-state index is 13.4. The molecule has 1 aromatic carbocycles. The predicted molar refractivity (Wildman–Crippen MR) is 74.4 cm³/mol. The highest BCUT2D eigenvalue weighted by atomic mass is 35.5. The van der Waals surface area contributed by atoms with Gasteiger partial charge < -0.3 is 5.32 Å². The summed E-state index contributed by atoms with van der Waals surface area (Å²) in [6.45, 7) is 0. The van der Waals surface area contributed by atoms with E-state index in [1.807, 2.05) is 0 Å². The lowest BCUT2D eigenvalue weighted by Crippen LogP contribution is -2.17. The first kappa shape index (κ1) is 12.5. The number of hydrogen-bond acceptors (Lipinski definition) is 2. The van der Waals surface area contributed by atoms with Crippen molar-refractivity contribution in [1.82, 2.24) is 9.55 Å². The quantitative estimate of drug-likeness (QED) is 0.920. The van der Waals surface area contributed by atoms with Crippen LogP contribution in [0.25, 0.3) is 5.69 Å². The Bertz CT molecular complexity index is 576. The second kappa shape index (κ2) is 5.21. The summed E-state index contributed by atoms with van der Waals surface area (Å²) in [6.07, 6.45) is 8.29. The number of aromatic nitrogens is 2. The van der Waals surface area contributed by atoms with Gasteiger partial charge >= 0.3 is 0 Å². The largest absolute Gasteiger partial charge is 0.353 e. The Labute approximate surface area is 116 Å². The molecule has 100 valence electrons. The number of halogens is 2. The zero-order chi connectivity index (χ0) is 13.2. The highest BCUT2D eigenvalue weighted by Crippen LogP contribution is 2.26. The molecule has 1 fully saturated rings. The van der Waals surface area contributed by atoms with Crippen LogP contribution in [0.3, 0.4) is 0 Å². The standard InChI is InChI=1S/C14H15ClFN3/c15-12-6-5-10(16)9-13(12)19-8-7-17-14(19)18-11-3-1-2-4-11/h5-9,11H,1-4H2,(H,17,18). The van der Waals surface area contributed by atoms with Gasteiger partial charge in [0.1, 0.15) is 5.82 Å². The van der Waals surface area contributed by atoms with E-state index in [1.54, 1.807) is 23.0 Å². The summed E-state index contributed by atoms with van der Waals surface area (Å²) in [5.74, 6) is 0.416. The van der Waals surface area contributed by atoms with Crippen molar-refractivity contribution in [2.45, 2.75) is 31.7 Å². The Morgan fingerprint density at radius 1 is 1.32 bits per heavy atom. The molecule has 0 saturated heterocycles. The van der Waals surface area contributed by atoms with E-state index in [9.17, 15) is 4.39 Å². The number of anilines is 1. The monoisotopic (exact) mass is 279 g/mol. The molecule has 0 spiro atoms. The number of nitrogens with zero attached hydrogens (tertiary/aromatic N) is 2. The molecule has 0 amide bonds. The Morgan fingerprint density at radius 2 is 2.11 bits per heavy atom. The topological polar surface area (TPSA) is 29.9 Å². The molecule has 1 saturated carbocycles. The molecule has 1 N–H and O–H groups in total. The molecule has 1 aromatic heterocycles. The fraction of sp³-hybridized carbons (Fsp3) is 0.357. The molecule has 1 aliphatic carbocycles. The summed E-state index contributed by atoms with van der Waals surface area (Å²) in [5.41, 5.74) is 0.611. The fourth-order valence-electron chi connectivity index (χ4n) is 2.53. The third-order valence-electron chi connectivity index (χ3n) is 3.50. The average Bonchev–Trinajstić information content (AvgIpc) is 3.04. The minimum atomic E-state index is -0.306. The minimum absolute atomic E-state index is 0.306. The average molecular weight is 280 g/mol. The van der Waals surface area contributed by atoms with Crippen LogP contribution in [0.4, 0.5) is 10.3 Å². The van der Waals surface area contributed by atoms with Gasteiger partial charge in [0, 0.05) is 18.4 Å². The van der Waals surface area contributed by atoms with Gasteiger partial charge in [0.2, 0.25) is 5.95 Å². The molecule has 0 atom stereocenters. The van der Waals surface area contributed by atoms with E-state index in [1.165, 1.54) is 25.0 Å². The Hall–Kier alpha value is -1.55. The predicted octanol–water partition coefficient (Wildman–Crippen LogP) is 4.02. The van der Waals surface area contributed by atoms with Crippen molar-refractivity contribution in [3.8, 4) is 5.69 Å². The lowest BCUT2D eigenvalue weighted by Gasteiger charge is -2.15. The Kier molecular flexibility index (Phi) is 3.42. The van der Waals surface area contributed by atoms with Crippen molar-refractivity contribution >= 4 is 17.5 Å². The first-order valence-corrected chi connectivity index (χ1v) is 6.87. The van der Waals surface area contributed by atoms with Crippen LogP contribution in [0.15, 0.2) is 30.6 Å². The highest BCUT2D eigenvalue weighted by Gasteiger charge is 2.17. The van der Waals surface area contributed by atoms with E-state index in [2.05, 4.69) is 10.3 Å². The zero-order valence-electron chi connectivity index (χ0n) is 10.4. The van der Waals surface area contributed by atoms with Crippen LogP contribution in [-0.4, -0.2) is 15.6 Å². The lowest BCUT2D eigenvalue weighted by atomic mass is 10.2.